The molecule has 5 heteroatoms. The smallest absolute Gasteiger partial charge is 0.545 e. The Labute approximate surface area is 175 Å². The van der Waals surface area contributed by atoms with E-state index in [1.54, 1.807) is 0 Å². The van der Waals surface area contributed by atoms with Crippen LogP contribution < -0.4 is 10.2 Å². The summed E-state index contributed by atoms with van der Waals surface area (Å²) < 4.78 is 0. The molecule has 2 aromatic rings. The van der Waals surface area contributed by atoms with Crippen LogP contribution in [0.15, 0.2) is 72.8 Å². The number of carbonyl (C=O) groups excluding carboxylic acids is 2. The second-order valence-corrected chi connectivity index (χ2v) is 4.13. The molecule has 0 unspecified atom stereocenters. The van der Waals surface area contributed by atoms with Gasteiger partial charge < -0.3 is 19.8 Å². The fraction of sp³-hybridized carbons (Fsp3) is 0. The molecule has 0 saturated heterocycles. The van der Waals surface area contributed by atoms with Crippen molar-refractivity contribution in [1.82, 2.24) is 0 Å². The minimum atomic E-state index is -1.17. The number of carboxylic acid groups (broad SMARTS) is 2. The third kappa shape index (κ3) is 11.6. The zero-order valence-electron chi connectivity index (χ0n) is 12.4. The van der Waals surface area contributed by atoms with E-state index in [1.165, 1.54) is 12.2 Å². The predicted molar refractivity (Wildman–Crippen MR) is 86.7 cm³/mol. The average molecular weight is 432 g/mol. The van der Waals surface area contributed by atoms with Gasteiger partial charge in [-0.3, -0.25) is 0 Å². The van der Waals surface area contributed by atoms with Crippen molar-refractivity contribution >= 4 is 73.0 Å². The van der Waals surface area contributed by atoms with Gasteiger partial charge in [-0.05, 0) is 23.3 Å². The summed E-state index contributed by atoms with van der Waals surface area (Å²) in [5.41, 5.74) is 1.72. The second-order valence-electron chi connectivity index (χ2n) is 4.13. The van der Waals surface area contributed by atoms with Gasteiger partial charge in [0.15, 0.2) is 0 Å². The van der Waals surface area contributed by atoms with E-state index in [0.717, 1.165) is 23.3 Å². The Balaban J connectivity index is 0.000000403. The third-order valence-corrected chi connectivity index (χ3v) is 2.42. The maximum absolute atomic E-state index is 9.97. The van der Waals surface area contributed by atoms with Crippen LogP contribution in [0.1, 0.15) is 11.1 Å². The van der Waals surface area contributed by atoms with Crippen molar-refractivity contribution < 1.29 is 19.8 Å². The first-order valence-electron chi connectivity index (χ1n) is 6.46. The van der Waals surface area contributed by atoms with E-state index in [0.29, 0.717) is 0 Å². The topological polar surface area (TPSA) is 80.3 Å². The summed E-state index contributed by atoms with van der Waals surface area (Å²) in [6, 6.07) is 18.4. The fourth-order valence-corrected chi connectivity index (χ4v) is 1.46. The molecule has 0 aliphatic rings. The van der Waals surface area contributed by atoms with Crippen LogP contribution in [0.4, 0.5) is 0 Å². The summed E-state index contributed by atoms with van der Waals surface area (Å²) >= 11 is 0. The van der Waals surface area contributed by atoms with Crippen LogP contribution in [0, 0.1) is 0 Å². The molecule has 4 nitrogen and oxygen atoms in total. The summed E-state index contributed by atoms with van der Waals surface area (Å²) in [6.45, 7) is 0. The van der Waals surface area contributed by atoms with Crippen LogP contribution in [-0.2, 0) is 9.59 Å². The summed E-state index contributed by atoms with van der Waals surface area (Å²) in [4.78, 5) is 19.9. The van der Waals surface area contributed by atoms with Gasteiger partial charge in [-0.25, -0.2) is 0 Å². The van der Waals surface area contributed by atoms with E-state index in [9.17, 15) is 19.8 Å². The van der Waals surface area contributed by atoms with Gasteiger partial charge in [0, 0.05) is 0 Å². The van der Waals surface area contributed by atoms with Crippen molar-refractivity contribution in [1.29, 1.82) is 0 Å². The molecule has 0 aromatic heterocycles. The van der Waals surface area contributed by atoms with E-state index in [1.807, 2.05) is 60.7 Å². The Morgan fingerprint density at radius 3 is 1.22 bits per heavy atom. The molecule has 0 spiro atoms. The Morgan fingerprint density at radius 1 is 0.652 bits per heavy atom. The van der Waals surface area contributed by atoms with Gasteiger partial charge in [-0.15, -0.1) is 0 Å². The van der Waals surface area contributed by atoms with E-state index in [2.05, 4.69) is 0 Å². The van der Waals surface area contributed by atoms with E-state index in [4.69, 9.17) is 0 Å². The Bertz CT molecular complexity index is 590. The first-order valence-corrected chi connectivity index (χ1v) is 6.46. The molecule has 0 aliphatic heterocycles. The SMILES string of the molecule is O=C([O-])/C=C\c1ccccc1.O=C([O-])/C=C\c1ccccc1.[Ba+2]. The second kappa shape index (κ2) is 12.9. The normalized spacial score (nSPS) is 9.74. The zero-order valence-corrected chi connectivity index (χ0v) is 16.9. The Morgan fingerprint density at radius 2 is 0.957 bits per heavy atom. The number of carboxylic acids is 2. The van der Waals surface area contributed by atoms with Gasteiger partial charge in [0.1, 0.15) is 0 Å². The molecule has 0 N–H and O–H groups in total. The summed E-state index contributed by atoms with van der Waals surface area (Å²) in [7, 11) is 0. The maximum Gasteiger partial charge on any atom is 2.00 e. The molecule has 0 aliphatic carbocycles. The van der Waals surface area contributed by atoms with Gasteiger partial charge in [-0.1, -0.05) is 72.8 Å². The largest absolute Gasteiger partial charge is 2.00 e. The summed E-state index contributed by atoms with van der Waals surface area (Å²) in [5.74, 6) is -2.34. The van der Waals surface area contributed by atoms with Crippen LogP contribution in [0.3, 0.4) is 0 Å². The van der Waals surface area contributed by atoms with Crippen molar-refractivity contribution in [2.24, 2.45) is 0 Å². The first-order chi connectivity index (χ1) is 10.6. The summed E-state index contributed by atoms with van der Waals surface area (Å²) in [6.07, 6.45) is 5.01. The molecule has 0 heterocycles. The predicted octanol–water partition coefficient (Wildman–Crippen LogP) is 0.519. The Kier molecular flexibility index (Phi) is 12.0. The molecule has 0 atom stereocenters. The molecule has 2 aromatic carbocycles. The number of hydrogen-bond acceptors (Lipinski definition) is 4. The minimum absolute atomic E-state index is 0. The number of benzene rings is 2. The van der Waals surface area contributed by atoms with E-state index >= 15 is 0 Å². The first kappa shape index (κ1) is 21.4. The van der Waals surface area contributed by atoms with Gasteiger partial charge in [-0.2, -0.15) is 0 Å². The Hall–Kier alpha value is -1.57. The van der Waals surface area contributed by atoms with E-state index in [-0.39, 0.29) is 48.9 Å². The van der Waals surface area contributed by atoms with Crippen LogP contribution in [0.5, 0.6) is 0 Å². The molecular weight excluding hydrogens is 418 g/mol. The van der Waals surface area contributed by atoms with Crippen molar-refractivity contribution in [2.45, 2.75) is 0 Å². The van der Waals surface area contributed by atoms with Gasteiger partial charge in [0.05, 0.1) is 11.9 Å². The molecule has 0 radical (unpaired) electrons. The number of carbonyl (C=O) groups is 2. The van der Waals surface area contributed by atoms with Crippen molar-refractivity contribution in [3.63, 3.8) is 0 Å². The van der Waals surface area contributed by atoms with E-state index < -0.39 is 11.9 Å². The zero-order chi connectivity index (χ0) is 16.2. The van der Waals surface area contributed by atoms with Crippen LogP contribution in [0.25, 0.3) is 12.2 Å². The molecule has 0 saturated carbocycles. The molecule has 2 rings (SSSR count). The molecule has 0 fully saturated rings. The average Bonchev–Trinajstić information content (AvgIpc) is 2.53. The standard InChI is InChI=1S/2C9H8O2.Ba/c2*10-9(11)7-6-8-4-2-1-3-5-8;/h2*1-7H,(H,10,11);/q;;+2/p-2/b2*7-6-;. The van der Waals surface area contributed by atoms with Crippen LogP contribution in [0.2, 0.25) is 0 Å². The van der Waals surface area contributed by atoms with Crippen LogP contribution in [-0.4, -0.2) is 60.8 Å². The fourth-order valence-electron chi connectivity index (χ4n) is 1.46. The molecule has 0 amide bonds. The van der Waals surface area contributed by atoms with Crippen molar-refractivity contribution in [3.05, 3.63) is 83.9 Å². The van der Waals surface area contributed by atoms with Gasteiger partial charge in [0.2, 0.25) is 0 Å². The quantitative estimate of drug-likeness (QED) is 0.522. The molecule has 23 heavy (non-hydrogen) atoms. The molecular formula is C18H14BaO4. The van der Waals surface area contributed by atoms with Gasteiger partial charge >= 0.3 is 48.9 Å². The summed E-state index contributed by atoms with van der Waals surface area (Å²) in [5, 5.41) is 19.9. The van der Waals surface area contributed by atoms with Crippen molar-refractivity contribution in [3.8, 4) is 0 Å². The third-order valence-electron chi connectivity index (χ3n) is 2.42. The van der Waals surface area contributed by atoms with Gasteiger partial charge in [0.25, 0.3) is 0 Å². The molecule has 0 bridgehead atoms. The maximum atomic E-state index is 9.97. The minimum Gasteiger partial charge on any atom is -0.545 e. The molecule has 112 valence electrons. The monoisotopic (exact) mass is 432 g/mol. The van der Waals surface area contributed by atoms with Crippen LogP contribution >= 0.6 is 0 Å². The number of rotatable bonds is 4. The number of hydrogen-bond donors (Lipinski definition) is 0. The number of aliphatic carboxylic acids is 2. The van der Waals surface area contributed by atoms with Crippen molar-refractivity contribution in [2.75, 3.05) is 0 Å².